The lowest BCUT2D eigenvalue weighted by molar-refractivity contribution is 0.0739. The lowest BCUT2D eigenvalue weighted by atomic mass is 10.1. The van der Waals surface area contributed by atoms with Crippen molar-refractivity contribution < 1.29 is 4.79 Å². The fourth-order valence-corrected chi connectivity index (χ4v) is 2.71. The second-order valence-corrected chi connectivity index (χ2v) is 5.59. The Balaban J connectivity index is 2.09. The van der Waals surface area contributed by atoms with E-state index in [1.807, 2.05) is 4.90 Å². The van der Waals surface area contributed by atoms with Crippen LogP contribution in [0.3, 0.4) is 0 Å². The van der Waals surface area contributed by atoms with Gasteiger partial charge >= 0.3 is 0 Å². The van der Waals surface area contributed by atoms with Gasteiger partial charge in [-0.05, 0) is 44.0 Å². The summed E-state index contributed by atoms with van der Waals surface area (Å²) < 4.78 is 0. The van der Waals surface area contributed by atoms with Crippen LogP contribution in [0.25, 0.3) is 0 Å². The summed E-state index contributed by atoms with van der Waals surface area (Å²) in [6.07, 6.45) is 4.40. The molecule has 2 rings (SSSR count). The predicted molar refractivity (Wildman–Crippen MR) is 83.0 cm³/mol. The molecule has 1 heterocycles. The van der Waals surface area contributed by atoms with Crippen LogP contribution in [0.1, 0.15) is 48.5 Å². The molecule has 4 nitrogen and oxygen atoms in total. The summed E-state index contributed by atoms with van der Waals surface area (Å²) in [5, 5.41) is 12.4. The fraction of sp³-hybridized carbons (Fsp3) is 0.529. The highest BCUT2D eigenvalue weighted by molar-refractivity contribution is 5.94. The molecule has 0 bridgehead atoms. The first-order chi connectivity index (χ1) is 10.2. The molecule has 1 atom stereocenters. The Labute approximate surface area is 126 Å². The smallest absolute Gasteiger partial charge is 0.253 e. The van der Waals surface area contributed by atoms with Crippen LogP contribution in [-0.2, 0) is 0 Å². The molecule has 1 fully saturated rings. The zero-order valence-electron chi connectivity index (χ0n) is 12.6. The van der Waals surface area contributed by atoms with E-state index in [1.165, 1.54) is 6.42 Å². The Morgan fingerprint density at radius 1 is 1.52 bits per heavy atom. The predicted octanol–water partition coefficient (Wildman–Crippen LogP) is 2.55. The van der Waals surface area contributed by atoms with E-state index in [0.29, 0.717) is 17.2 Å². The van der Waals surface area contributed by atoms with E-state index in [-0.39, 0.29) is 5.91 Å². The zero-order chi connectivity index (χ0) is 15.1. The molecule has 0 saturated carbocycles. The van der Waals surface area contributed by atoms with Crippen LogP contribution in [0, 0.1) is 11.3 Å². The highest BCUT2D eigenvalue weighted by Gasteiger charge is 2.22. The van der Waals surface area contributed by atoms with E-state index >= 15 is 0 Å². The summed E-state index contributed by atoms with van der Waals surface area (Å²) in [6.45, 7) is 4.72. The van der Waals surface area contributed by atoms with Gasteiger partial charge in [0, 0.05) is 24.7 Å². The highest BCUT2D eigenvalue weighted by Crippen LogP contribution is 2.13. The van der Waals surface area contributed by atoms with Gasteiger partial charge in [0.2, 0.25) is 0 Å². The van der Waals surface area contributed by atoms with Crippen molar-refractivity contribution in [3.8, 4) is 6.07 Å². The Kier molecular flexibility index (Phi) is 5.77. The van der Waals surface area contributed by atoms with Gasteiger partial charge in [0.15, 0.2) is 0 Å². The highest BCUT2D eigenvalue weighted by atomic mass is 16.2. The minimum Gasteiger partial charge on any atom is -0.337 e. The van der Waals surface area contributed by atoms with Crippen molar-refractivity contribution in [2.75, 3.05) is 19.6 Å². The first-order valence-electron chi connectivity index (χ1n) is 7.77. The molecule has 0 aromatic heterocycles. The number of hydrogen-bond acceptors (Lipinski definition) is 3. The number of carbonyl (C=O) groups is 1. The van der Waals surface area contributed by atoms with E-state index in [9.17, 15) is 4.79 Å². The molecule has 0 aliphatic carbocycles. The van der Waals surface area contributed by atoms with E-state index in [2.05, 4.69) is 18.3 Å². The Hall–Kier alpha value is -1.86. The molecule has 4 heteroatoms. The van der Waals surface area contributed by atoms with Crippen LogP contribution < -0.4 is 5.32 Å². The van der Waals surface area contributed by atoms with Crippen LogP contribution in [0.2, 0.25) is 0 Å². The number of nitrogens with one attached hydrogen (secondary N) is 1. The molecule has 1 aliphatic rings. The summed E-state index contributed by atoms with van der Waals surface area (Å²) in [5.41, 5.74) is 1.15. The molecule has 1 aliphatic heterocycles. The van der Waals surface area contributed by atoms with Crippen molar-refractivity contribution in [2.45, 2.75) is 38.6 Å². The quantitative estimate of drug-likeness (QED) is 0.874. The van der Waals surface area contributed by atoms with Gasteiger partial charge in [-0.1, -0.05) is 19.4 Å². The molecule has 0 spiro atoms. The minimum absolute atomic E-state index is 0.0363. The maximum atomic E-state index is 12.7. The summed E-state index contributed by atoms with van der Waals surface area (Å²) in [7, 11) is 0. The van der Waals surface area contributed by atoms with Crippen molar-refractivity contribution in [3.05, 3.63) is 35.4 Å². The number of unbranched alkanes of at least 4 members (excludes halogenated alkanes) is 1. The van der Waals surface area contributed by atoms with Crippen molar-refractivity contribution in [3.63, 3.8) is 0 Å². The summed E-state index contributed by atoms with van der Waals surface area (Å²) in [6, 6.07) is 9.48. The average Bonchev–Trinajstić information content (AvgIpc) is 3.03. The second-order valence-electron chi connectivity index (χ2n) is 5.59. The number of carbonyl (C=O) groups excluding carboxylic acids is 1. The lowest BCUT2D eigenvalue weighted by Gasteiger charge is -2.26. The second kappa shape index (κ2) is 7.80. The zero-order valence-corrected chi connectivity index (χ0v) is 12.6. The van der Waals surface area contributed by atoms with Gasteiger partial charge in [-0.2, -0.15) is 5.26 Å². The third-order valence-corrected chi connectivity index (χ3v) is 3.91. The van der Waals surface area contributed by atoms with Gasteiger partial charge in [-0.3, -0.25) is 4.79 Å². The topological polar surface area (TPSA) is 56.1 Å². The van der Waals surface area contributed by atoms with Crippen molar-refractivity contribution in [1.82, 2.24) is 10.2 Å². The monoisotopic (exact) mass is 285 g/mol. The fourth-order valence-electron chi connectivity index (χ4n) is 2.71. The molecular formula is C17H23N3O. The molecule has 1 N–H and O–H groups in total. The molecule has 1 aromatic rings. The molecule has 1 saturated heterocycles. The lowest BCUT2D eigenvalue weighted by Crippen LogP contribution is -2.41. The van der Waals surface area contributed by atoms with Crippen LogP contribution in [-0.4, -0.2) is 36.5 Å². The molecule has 1 amide bonds. The number of nitrogens with zero attached hydrogens (tertiary/aromatic N) is 2. The maximum Gasteiger partial charge on any atom is 0.253 e. The summed E-state index contributed by atoms with van der Waals surface area (Å²) in [4.78, 5) is 14.6. The first-order valence-corrected chi connectivity index (χ1v) is 7.77. The van der Waals surface area contributed by atoms with Gasteiger partial charge < -0.3 is 10.2 Å². The van der Waals surface area contributed by atoms with Crippen LogP contribution in [0.15, 0.2) is 24.3 Å². The van der Waals surface area contributed by atoms with Crippen molar-refractivity contribution in [2.24, 2.45) is 0 Å². The third kappa shape index (κ3) is 4.30. The van der Waals surface area contributed by atoms with Crippen molar-refractivity contribution >= 4 is 5.91 Å². The third-order valence-electron chi connectivity index (χ3n) is 3.91. The molecular weight excluding hydrogens is 262 g/mol. The standard InChI is InChI=1S/C17H23N3O/c1-2-3-10-20(13-16-8-5-9-19-16)17(21)15-7-4-6-14(11-15)12-18/h4,6-7,11,16,19H,2-3,5,8-10,13H2,1H3. The largest absolute Gasteiger partial charge is 0.337 e. The maximum absolute atomic E-state index is 12.7. The van der Waals surface area contributed by atoms with Crippen LogP contribution in [0.4, 0.5) is 0 Å². The minimum atomic E-state index is 0.0363. The number of benzene rings is 1. The summed E-state index contributed by atoms with van der Waals surface area (Å²) >= 11 is 0. The van der Waals surface area contributed by atoms with Crippen molar-refractivity contribution in [1.29, 1.82) is 5.26 Å². The van der Waals surface area contributed by atoms with E-state index in [1.54, 1.807) is 24.3 Å². The SMILES string of the molecule is CCCCN(CC1CCCN1)C(=O)c1cccc(C#N)c1. The van der Waals surface area contributed by atoms with E-state index < -0.39 is 0 Å². The van der Waals surface area contributed by atoms with Gasteiger partial charge in [-0.15, -0.1) is 0 Å². The number of nitriles is 1. The molecule has 112 valence electrons. The number of rotatable bonds is 6. The molecule has 0 radical (unpaired) electrons. The Morgan fingerprint density at radius 2 is 2.38 bits per heavy atom. The van der Waals surface area contributed by atoms with E-state index in [4.69, 9.17) is 5.26 Å². The van der Waals surface area contributed by atoms with Gasteiger partial charge in [0.1, 0.15) is 0 Å². The number of amides is 1. The van der Waals surface area contributed by atoms with Crippen LogP contribution >= 0.6 is 0 Å². The van der Waals surface area contributed by atoms with Crippen LogP contribution in [0.5, 0.6) is 0 Å². The first kappa shape index (κ1) is 15.5. The normalized spacial score (nSPS) is 17.4. The summed E-state index contributed by atoms with van der Waals surface area (Å²) in [5.74, 6) is 0.0363. The van der Waals surface area contributed by atoms with E-state index in [0.717, 1.165) is 38.9 Å². The molecule has 1 unspecified atom stereocenters. The number of hydrogen-bond donors (Lipinski definition) is 1. The van der Waals surface area contributed by atoms with Gasteiger partial charge in [0.05, 0.1) is 11.6 Å². The Morgan fingerprint density at radius 3 is 3.05 bits per heavy atom. The van der Waals surface area contributed by atoms with Gasteiger partial charge in [0.25, 0.3) is 5.91 Å². The Bertz CT molecular complexity index is 515. The average molecular weight is 285 g/mol. The van der Waals surface area contributed by atoms with Gasteiger partial charge in [-0.25, -0.2) is 0 Å². The molecule has 21 heavy (non-hydrogen) atoms. The molecule has 1 aromatic carbocycles.